The topological polar surface area (TPSA) is 75.7 Å². The third-order valence-electron chi connectivity index (χ3n) is 5.70. The zero-order chi connectivity index (χ0) is 17.2. The number of amides is 1. The quantitative estimate of drug-likeness (QED) is 0.781. The predicted octanol–water partition coefficient (Wildman–Crippen LogP) is 1.51. The number of carbonyl (C=O) groups is 1. The molecule has 1 N–H and O–H groups in total. The van der Waals surface area contributed by atoms with E-state index < -0.39 is 10.0 Å². The van der Waals surface area contributed by atoms with E-state index in [9.17, 15) is 13.2 Å². The van der Waals surface area contributed by atoms with Crippen molar-refractivity contribution in [3.05, 3.63) is 0 Å². The van der Waals surface area contributed by atoms with E-state index in [2.05, 4.69) is 4.72 Å². The fraction of sp³-hybridized carbons (Fsp3) is 0.941. The Morgan fingerprint density at radius 2 is 1.92 bits per heavy atom. The fourth-order valence-corrected chi connectivity index (χ4v) is 4.52. The summed E-state index contributed by atoms with van der Waals surface area (Å²) >= 11 is 0. The number of likely N-dealkylation sites (tertiary alicyclic amines) is 1. The molecule has 3 fully saturated rings. The molecular weight excluding hydrogens is 328 g/mol. The summed E-state index contributed by atoms with van der Waals surface area (Å²) < 4.78 is 31.1. The monoisotopic (exact) mass is 358 g/mol. The number of sulfonamides is 1. The van der Waals surface area contributed by atoms with Gasteiger partial charge in [0, 0.05) is 32.7 Å². The van der Waals surface area contributed by atoms with Gasteiger partial charge in [0.2, 0.25) is 15.9 Å². The van der Waals surface area contributed by atoms with E-state index in [-0.39, 0.29) is 5.60 Å². The summed E-state index contributed by atoms with van der Waals surface area (Å²) in [5.41, 5.74) is -0.0929. The molecule has 7 heteroatoms. The van der Waals surface area contributed by atoms with E-state index in [0.29, 0.717) is 24.3 Å². The molecule has 0 aromatic rings. The summed E-state index contributed by atoms with van der Waals surface area (Å²) in [6.45, 7) is 2.87. The Hall–Kier alpha value is -0.660. The van der Waals surface area contributed by atoms with E-state index in [4.69, 9.17) is 4.74 Å². The average Bonchev–Trinajstić information content (AvgIpc) is 3.31. The van der Waals surface area contributed by atoms with Gasteiger partial charge in [-0.2, -0.15) is 0 Å². The van der Waals surface area contributed by atoms with E-state index in [1.807, 2.05) is 4.90 Å². The zero-order valence-electron chi connectivity index (χ0n) is 14.6. The molecule has 6 nitrogen and oxygen atoms in total. The summed E-state index contributed by atoms with van der Waals surface area (Å²) in [6.07, 6.45) is 9.05. The number of piperidine rings is 1. The van der Waals surface area contributed by atoms with Gasteiger partial charge in [-0.3, -0.25) is 4.79 Å². The highest BCUT2D eigenvalue weighted by atomic mass is 32.2. The first-order valence-corrected chi connectivity index (χ1v) is 11.1. The van der Waals surface area contributed by atoms with Gasteiger partial charge in [-0.1, -0.05) is 0 Å². The van der Waals surface area contributed by atoms with Crippen LogP contribution in [0.5, 0.6) is 0 Å². The Morgan fingerprint density at radius 1 is 1.21 bits per heavy atom. The first kappa shape index (κ1) is 18.1. The molecule has 24 heavy (non-hydrogen) atoms. The number of hydrogen-bond donors (Lipinski definition) is 1. The van der Waals surface area contributed by atoms with Gasteiger partial charge in [-0.25, -0.2) is 13.1 Å². The minimum absolute atomic E-state index is 0.0929. The van der Waals surface area contributed by atoms with Crippen LogP contribution in [0.15, 0.2) is 0 Å². The van der Waals surface area contributed by atoms with Gasteiger partial charge in [-0.15, -0.1) is 0 Å². The van der Waals surface area contributed by atoms with Crippen molar-refractivity contribution in [3.8, 4) is 0 Å². The minimum atomic E-state index is -3.11. The Morgan fingerprint density at radius 3 is 2.54 bits per heavy atom. The van der Waals surface area contributed by atoms with Crippen LogP contribution in [0.1, 0.15) is 51.4 Å². The summed E-state index contributed by atoms with van der Waals surface area (Å²) in [5.74, 6) is 1.46. The summed E-state index contributed by atoms with van der Waals surface area (Å²) in [5, 5.41) is 0. The Kier molecular flexibility index (Phi) is 5.52. The first-order chi connectivity index (χ1) is 11.4. The van der Waals surface area contributed by atoms with Crippen LogP contribution < -0.4 is 4.72 Å². The molecule has 138 valence electrons. The maximum Gasteiger partial charge on any atom is 0.222 e. The van der Waals surface area contributed by atoms with E-state index in [1.54, 1.807) is 0 Å². The molecule has 3 rings (SSSR count). The van der Waals surface area contributed by atoms with Gasteiger partial charge in [0.1, 0.15) is 0 Å². The highest BCUT2D eigenvalue weighted by Gasteiger charge is 2.41. The van der Waals surface area contributed by atoms with Gasteiger partial charge in [-0.05, 0) is 56.8 Å². The molecule has 1 aliphatic carbocycles. The number of nitrogens with zero attached hydrogens (tertiary/aromatic N) is 1. The lowest BCUT2D eigenvalue weighted by molar-refractivity contribution is -0.147. The second-order valence-corrected chi connectivity index (χ2v) is 9.71. The second kappa shape index (κ2) is 7.30. The van der Waals surface area contributed by atoms with Crippen molar-refractivity contribution in [1.29, 1.82) is 0 Å². The molecule has 0 bridgehead atoms. The van der Waals surface area contributed by atoms with Crippen LogP contribution in [0.4, 0.5) is 0 Å². The van der Waals surface area contributed by atoms with Crippen molar-refractivity contribution < 1.29 is 17.9 Å². The zero-order valence-corrected chi connectivity index (χ0v) is 15.4. The summed E-state index contributed by atoms with van der Waals surface area (Å²) in [6, 6.07) is 0. The molecule has 1 spiro atoms. The molecule has 2 saturated heterocycles. The smallest absolute Gasteiger partial charge is 0.222 e. The highest BCUT2D eigenvalue weighted by molar-refractivity contribution is 7.88. The molecule has 0 aromatic carbocycles. The molecule has 2 aliphatic heterocycles. The predicted molar refractivity (Wildman–Crippen MR) is 92.0 cm³/mol. The lowest BCUT2D eigenvalue weighted by atomic mass is 9.78. The van der Waals surface area contributed by atoms with Crippen molar-refractivity contribution in [2.75, 3.05) is 32.5 Å². The highest BCUT2D eigenvalue weighted by Crippen LogP contribution is 2.39. The standard InChI is InChI=1S/C17H30N2O4S/c1-24(21,22)18-8-4-15-5-11-23-17(13-15)6-9-19(10-7-17)16(20)12-14-2-3-14/h14-15,18H,2-13H2,1H3. The van der Waals surface area contributed by atoms with Gasteiger partial charge >= 0.3 is 0 Å². The maximum absolute atomic E-state index is 12.2. The number of ether oxygens (including phenoxy) is 1. The number of carbonyl (C=O) groups excluding carboxylic acids is 1. The largest absolute Gasteiger partial charge is 0.375 e. The molecule has 2 heterocycles. The lowest BCUT2D eigenvalue weighted by Crippen LogP contribution is -2.51. The van der Waals surface area contributed by atoms with Crippen LogP contribution in [-0.4, -0.2) is 57.3 Å². The van der Waals surface area contributed by atoms with Crippen LogP contribution in [0, 0.1) is 11.8 Å². The summed E-state index contributed by atoms with van der Waals surface area (Å²) in [4.78, 5) is 14.3. The average molecular weight is 359 g/mol. The normalized spacial score (nSPS) is 27.4. The van der Waals surface area contributed by atoms with Gasteiger partial charge in [0.15, 0.2) is 0 Å². The molecule has 1 amide bonds. The Bertz CT molecular complexity index is 551. The summed E-state index contributed by atoms with van der Waals surface area (Å²) in [7, 11) is -3.11. The van der Waals surface area contributed by atoms with Crippen molar-refractivity contribution in [1.82, 2.24) is 9.62 Å². The fourth-order valence-electron chi connectivity index (χ4n) is 4.03. The van der Waals surface area contributed by atoms with Gasteiger partial charge in [0.25, 0.3) is 0 Å². The van der Waals surface area contributed by atoms with Crippen molar-refractivity contribution in [3.63, 3.8) is 0 Å². The molecule has 0 radical (unpaired) electrons. The number of hydrogen-bond acceptors (Lipinski definition) is 4. The van der Waals surface area contributed by atoms with Crippen LogP contribution in [0.25, 0.3) is 0 Å². The second-order valence-electron chi connectivity index (χ2n) is 7.87. The van der Waals surface area contributed by atoms with Crippen molar-refractivity contribution in [2.45, 2.75) is 57.0 Å². The Balaban J connectivity index is 1.45. The van der Waals surface area contributed by atoms with Crippen molar-refractivity contribution >= 4 is 15.9 Å². The molecular formula is C17H30N2O4S. The molecule has 1 unspecified atom stereocenters. The first-order valence-electron chi connectivity index (χ1n) is 9.22. The SMILES string of the molecule is CS(=O)(=O)NCCC1CCOC2(CCN(C(=O)CC3CC3)CC2)C1. The van der Waals surface area contributed by atoms with Crippen molar-refractivity contribution in [2.24, 2.45) is 11.8 Å². The minimum Gasteiger partial charge on any atom is -0.375 e. The maximum atomic E-state index is 12.2. The lowest BCUT2D eigenvalue weighted by Gasteiger charge is -2.46. The van der Waals surface area contributed by atoms with Crippen LogP contribution in [-0.2, 0) is 19.6 Å². The Labute approximate surface area is 145 Å². The van der Waals surface area contributed by atoms with Gasteiger partial charge in [0.05, 0.1) is 11.9 Å². The molecule has 3 aliphatic rings. The third-order valence-corrected chi connectivity index (χ3v) is 6.43. The third kappa shape index (κ3) is 5.17. The molecule has 1 saturated carbocycles. The van der Waals surface area contributed by atoms with Gasteiger partial charge < -0.3 is 9.64 Å². The molecule has 0 aromatic heterocycles. The van der Waals surface area contributed by atoms with Crippen LogP contribution in [0.2, 0.25) is 0 Å². The van der Waals surface area contributed by atoms with Crippen LogP contribution in [0.3, 0.4) is 0 Å². The number of nitrogens with one attached hydrogen (secondary N) is 1. The molecule has 1 atom stereocenters. The van der Waals surface area contributed by atoms with E-state index in [1.165, 1.54) is 19.1 Å². The number of rotatable bonds is 6. The van der Waals surface area contributed by atoms with E-state index in [0.717, 1.165) is 58.2 Å². The van der Waals surface area contributed by atoms with Crippen LogP contribution >= 0.6 is 0 Å². The van der Waals surface area contributed by atoms with E-state index >= 15 is 0 Å².